The summed E-state index contributed by atoms with van der Waals surface area (Å²) < 4.78 is 0. The van der Waals surface area contributed by atoms with Gasteiger partial charge in [0.25, 0.3) is 5.95 Å². The lowest BCUT2D eigenvalue weighted by Crippen LogP contribution is -1.82. The van der Waals surface area contributed by atoms with Crippen molar-refractivity contribution >= 4 is 23.8 Å². The van der Waals surface area contributed by atoms with Crippen LogP contribution in [0.1, 0.15) is 5.56 Å². The quantitative estimate of drug-likeness (QED) is 0.752. The number of phenolic OH excluding ortho intramolecular Hbond substituents is 1. The molecule has 15 heavy (non-hydrogen) atoms. The van der Waals surface area contributed by atoms with Crippen molar-refractivity contribution in [3.8, 4) is 5.75 Å². The van der Waals surface area contributed by atoms with Gasteiger partial charge in [-0.15, -0.1) is 5.10 Å². The van der Waals surface area contributed by atoms with Crippen molar-refractivity contribution in [2.24, 2.45) is 4.99 Å². The predicted octanol–water partition coefficient (Wildman–Crippen LogP) is 1.31. The molecule has 0 fully saturated rings. The standard InChI is InChI=1S/C8H6ClN5O/c9-6-1-2-7(15)5(3-6)4-10-8-11-13-14-12-8/h1-4,15H,(H,11,12,13,14)/b10-4+. The van der Waals surface area contributed by atoms with Gasteiger partial charge in [-0.3, -0.25) is 0 Å². The molecule has 76 valence electrons. The topological polar surface area (TPSA) is 87.0 Å². The molecule has 0 aliphatic carbocycles. The van der Waals surface area contributed by atoms with Gasteiger partial charge in [-0.2, -0.15) is 5.21 Å². The number of benzene rings is 1. The minimum absolute atomic E-state index is 0.0895. The molecule has 0 aliphatic rings. The molecule has 1 heterocycles. The molecular weight excluding hydrogens is 218 g/mol. The van der Waals surface area contributed by atoms with Gasteiger partial charge >= 0.3 is 0 Å². The number of hydrogen-bond acceptors (Lipinski definition) is 5. The van der Waals surface area contributed by atoms with Crippen LogP contribution < -0.4 is 0 Å². The van der Waals surface area contributed by atoms with Crippen LogP contribution in [0.15, 0.2) is 23.2 Å². The molecule has 0 amide bonds. The van der Waals surface area contributed by atoms with Gasteiger partial charge < -0.3 is 5.11 Å². The third-order valence-corrected chi connectivity index (χ3v) is 1.88. The Balaban J connectivity index is 2.27. The number of aliphatic imine (C=N–C) groups is 1. The number of nitrogens with zero attached hydrogens (tertiary/aromatic N) is 4. The fourth-order valence-electron chi connectivity index (χ4n) is 0.967. The first-order valence-electron chi connectivity index (χ1n) is 4.02. The molecule has 0 unspecified atom stereocenters. The monoisotopic (exact) mass is 223 g/mol. The lowest BCUT2D eigenvalue weighted by molar-refractivity contribution is 0.474. The summed E-state index contributed by atoms with van der Waals surface area (Å²) in [5, 5.41) is 22.8. The number of nitrogens with one attached hydrogen (secondary N) is 1. The first-order chi connectivity index (χ1) is 7.25. The maximum Gasteiger partial charge on any atom is 0.288 e. The van der Waals surface area contributed by atoms with E-state index in [1.807, 2.05) is 0 Å². The Morgan fingerprint density at radius 3 is 3.07 bits per heavy atom. The number of aromatic hydroxyl groups is 1. The van der Waals surface area contributed by atoms with E-state index in [1.54, 1.807) is 12.1 Å². The lowest BCUT2D eigenvalue weighted by Gasteiger charge is -1.97. The van der Waals surface area contributed by atoms with Gasteiger partial charge in [0.15, 0.2) is 0 Å². The molecule has 0 bridgehead atoms. The number of H-pyrrole nitrogens is 1. The average Bonchev–Trinajstić information content (AvgIpc) is 2.72. The zero-order valence-corrected chi connectivity index (χ0v) is 8.18. The first-order valence-corrected chi connectivity index (χ1v) is 4.39. The summed E-state index contributed by atoms with van der Waals surface area (Å²) in [6, 6.07) is 4.66. The molecule has 6 nitrogen and oxygen atoms in total. The van der Waals surface area contributed by atoms with E-state index in [4.69, 9.17) is 11.6 Å². The SMILES string of the molecule is Oc1ccc(Cl)cc1/C=N/c1nn[nH]n1. The van der Waals surface area contributed by atoms with Crippen LogP contribution in [0.25, 0.3) is 0 Å². The van der Waals surface area contributed by atoms with Crippen LogP contribution in [0.3, 0.4) is 0 Å². The highest BCUT2D eigenvalue weighted by atomic mass is 35.5. The number of rotatable bonds is 2. The van der Waals surface area contributed by atoms with E-state index in [0.717, 1.165) is 0 Å². The smallest absolute Gasteiger partial charge is 0.288 e. The van der Waals surface area contributed by atoms with Gasteiger partial charge in [-0.05, 0) is 23.4 Å². The van der Waals surface area contributed by atoms with Gasteiger partial charge in [-0.25, -0.2) is 4.99 Å². The van der Waals surface area contributed by atoms with E-state index in [1.165, 1.54) is 12.3 Å². The summed E-state index contributed by atoms with van der Waals surface area (Å²) in [5.41, 5.74) is 0.493. The number of hydrogen-bond donors (Lipinski definition) is 2. The fourth-order valence-corrected chi connectivity index (χ4v) is 1.15. The van der Waals surface area contributed by atoms with Gasteiger partial charge in [0, 0.05) is 16.8 Å². The second kappa shape index (κ2) is 4.05. The number of phenols is 1. The Kier molecular flexibility index (Phi) is 2.59. The molecule has 2 N–H and O–H groups in total. The molecule has 1 aromatic heterocycles. The maximum atomic E-state index is 9.45. The van der Waals surface area contributed by atoms with Crippen LogP contribution in [0.2, 0.25) is 5.02 Å². The van der Waals surface area contributed by atoms with Crippen molar-refractivity contribution in [1.82, 2.24) is 20.6 Å². The average molecular weight is 224 g/mol. The molecule has 0 saturated carbocycles. The maximum absolute atomic E-state index is 9.45. The van der Waals surface area contributed by atoms with Crippen molar-refractivity contribution in [3.63, 3.8) is 0 Å². The van der Waals surface area contributed by atoms with E-state index in [0.29, 0.717) is 10.6 Å². The molecule has 2 rings (SSSR count). The van der Waals surface area contributed by atoms with Gasteiger partial charge in [0.05, 0.1) is 0 Å². The highest BCUT2D eigenvalue weighted by Crippen LogP contribution is 2.19. The number of aromatic nitrogens is 4. The third-order valence-electron chi connectivity index (χ3n) is 1.64. The number of aromatic amines is 1. The van der Waals surface area contributed by atoms with Crippen LogP contribution in [-0.4, -0.2) is 31.9 Å². The normalized spacial score (nSPS) is 11.0. The molecule has 1 aromatic carbocycles. The molecule has 7 heteroatoms. The summed E-state index contributed by atoms with van der Waals surface area (Å²) in [6.07, 6.45) is 1.41. The molecule has 0 atom stereocenters. The van der Waals surface area contributed by atoms with E-state index in [2.05, 4.69) is 25.6 Å². The Hall–Kier alpha value is -1.95. The minimum atomic E-state index is 0.0895. The molecule has 0 radical (unpaired) electrons. The predicted molar refractivity (Wildman–Crippen MR) is 54.5 cm³/mol. The molecule has 0 spiro atoms. The van der Waals surface area contributed by atoms with E-state index in [9.17, 15) is 5.11 Å². The summed E-state index contributed by atoms with van der Waals surface area (Å²) in [7, 11) is 0. The second-order valence-electron chi connectivity index (χ2n) is 2.67. The van der Waals surface area contributed by atoms with Crippen molar-refractivity contribution < 1.29 is 5.11 Å². The first kappa shape index (κ1) is 9.60. The zero-order chi connectivity index (χ0) is 10.7. The Morgan fingerprint density at radius 2 is 2.33 bits per heavy atom. The highest BCUT2D eigenvalue weighted by molar-refractivity contribution is 6.30. The summed E-state index contributed by atoms with van der Waals surface area (Å²) in [5.74, 6) is 0.279. The van der Waals surface area contributed by atoms with Crippen LogP contribution in [0, 0.1) is 0 Å². The van der Waals surface area contributed by atoms with E-state index in [-0.39, 0.29) is 11.7 Å². The Morgan fingerprint density at radius 1 is 1.47 bits per heavy atom. The van der Waals surface area contributed by atoms with Gasteiger partial charge in [-0.1, -0.05) is 16.7 Å². The largest absolute Gasteiger partial charge is 0.507 e. The Labute approximate surface area is 89.6 Å². The van der Waals surface area contributed by atoms with Crippen LogP contribution in [0.4, 0.5) is 5.95 Å². The molecule has 0 aliphatic heterocycles. The Bertz CT molecular complexity index is 482. The van der Waals surface area contributed by atoms with Crippen LogP contribution in [-0.2, 0) is 0 Å². The number of halogens is 1. The molecular formula is C8H6ClN5O. The lowest BCUT2D eigenvalue weighted by atomic mass is 10.2. The third kappa shape index (κ3) is 2.29. The zero-order valence-electron chi connectivity index (χ0n) is 7.42. The van der Waals surface area contributed by atoms with Crippen LogP contribution in [0.5, 0.6) is 5.75 Å². The van der Waals surface area contributed by atoms with Crippen molar-refractivity contribution in [2.45, 2.75) is 0 Å². The fraction of sp³-hybridized carbons (Fsp3) is 0. The van der Waals surface area contributed by atoms with Crippen molar-refractivity contribution in [2.75, 3.05) is 0 Å². The van der Waals surface area contributed by atoms with Crippen LogP contribution >= 0.6 is 11.6 Å². The van der Waals surface area contributed by atoms with Crippen molar-refractivity contribution in [1.29, 1.82) is 0 Å². The van der Waals surface area contributed by atoms with Crippen molar-refractivity contribution in [3.05, 3.63) is 28.8 Å². The second-order valence-corrected chi connectivity index (χ2v) is 3.11. The van der Waals surface area contributed by atoms with Gasteiger partial charge in [0.1, 0.15) is 5.75 Å². The highest BCUT2D eigenvalue weighted by Gasteiger charge is 1.99. The van der Waals surface area contributed by atoms with E-state index >= 15 is 0 Å². The number of tetrazole rings is 1. The van der Waals surface area contributed by atoms with Gasteiger partial charge in [0.2, 0.25) is 0 Å². The summed E-state index contributed by atoms with van der Waals surface area (Å²) in [4.78, 5) is 3.88. The summed E-state index contributed by atoms with van der Waals surface area (Å²) in [6.45, 7) is 0. The molecule has 2 aromatic rings. The molecule has 0 saturated heterocycles. The summed E-state index contributed by atoms with van der Waals surface area (Å²) >= 11 is 5.75. The minimum Gasteiger partial charge on any atom is -0.507 e. The van der Waals surface area contributed by atoms with E-state index < -0.39 is 0 Å².